The standard InChI is InChI=1S/C13H18N2O4S/c1-15-10(9(6-14-15)12(17)18)7-20-8-13(3-4-13)5-11(16)19-2/h6H,3-5,7-8H2,1-2H3,(H,17,18). The molecule has 0 spiro atoms. The maximum absolute atomic E-state index is 11.3. The van der Waals surface area contributed by atoms with Gasteiger partial charge in [0.05, 0.1) is 25.4 Å². The van der Waals surface area contributed by atoms with E-state index in [4.69, 9.17) is 9.84 Å². The summed E-state index contributed by atoms with van der Waals surface area (Å²) in [6.45, 7) is 0. The molecule has 0 saturated heterocycles. The van der Waals surface area contributed by atoms with Gasteiger partial charge in [-0.15, -0.1) is 0 Å². The van der Waals surface area contributed by atoms with Crippen LogP contribution in [0.1, 0.15) is 35.3 Å². The van der Waals surface area contributed by atoms with Crippen molar-refractivity contribution < 1.29 is 19.4 Å². The molecule has 1 N–H and O–H groups in total. The molecular formula is C13H18N2O4S. The van der Waals surface area contributed by atoms with Crippen LogP contribution in [-0.4, -0.2) is 39.7 Å². The third-order valence-electron chi connectivity index (χ3n) is 3.64. The monoisotopic (exact) mass is 298 g/mol. The van der Waals surface area contributed by atoms with E-state index >= 15 is 0 Å². The van der Waals surface area contributed by atoms with Crippen LogP contribution >= 0.6 is 11.8 Å². The molecule has 0 radical (unpaired) electrons. The summed E-state index contributed by atoms with van der Waals surface area (Å²) < 4.78 is 6.30. The van der Waals surface area contributed by atoms with E-state index in [1.807, 2.05) is 0 Å². The molecule has 0 aliphatic heterocycles. The van der Waals surface area contributed by atoms with Gasteiger partial charge in [0.1, 0.15) is 5.56 Å². The first-order valence-electron chi connectivity index (χ1n) is 6.36. The number of nitrogens with zero attached hydrogens (tertiary/aromatic N) is 2. The highest BCUT2D eigenvalue weighted by Crippen LogP contribution is 2.51. The molecule has 0 aromatic carbocycles. The summed E-state index contributed by atoms with van der Waals surface area (Å²) in [6.07, 6.45) is 3.89. The highest BCUT2D eigenvalue weighted by Gasteiger charge is 2.44. The van der Waals surface area contributed by atoms with Crippen LogP contribution in [0.4, 0.5) is 0 Å². The van der Waals surface area contributed by atoms with Gasteiger partial charge in [0.15, 0.2) is 0 Å². The zero-order valence-corrected chi connectivity index (χ0v) is 12.4. The first-order valence-corrected chi connectivity index (χ1v) is 7.52. The lowest BCUT2D eigenvalue weighted by Gasteiger charge is -2.13. The number of carboxylic acid groups (broad SMARTS) is 1. The number of aromatic nitrogens is 2. The van der Waals surface area contributed by atoms with Gasteiger partial charge in [-0.1, -0.05) is 0 Å². The van der Waals surface area contributed by atoms with Crippen LogP contribution in [0.2, 0.25) is 0 Å². The van der Waals surface area contributed by atoms with Gasteiger partial charge in [-0.05, 0) is 24.0 Å². The van der Waals surface area contributed by atoms with Crippen LogP contribution < -0.4 is 0 Å². The van der Waals surface area contributed by atoms with E-state index in [0.717, 1.165) is 18.6 Å². The molecule has 0 atom stereocenters. The van der Waals surface area contributed by atoms with E-state index in [0.29, 0.717) is 17.9 Å². The Balaban J connectivity index is 1.89. The van der Waals surface area contributed by atoms with E-state index in [1.54, 1.807) is 23.5 Å². The molecule has 0 bridgehead atoms. The normalized spacial score (nSPS) is 15.9. The van der Waals surface area contributed by atoms with Crippen molar-refractivity contribution in [2.45, 2.75) is 25.0 Å². The van der Waals surface area contributed by atoms with Crippen molar-refractivity contribution in [3.63, 3.8) is 0 Å². The number of rotatable bonds is 7. The van der Waals surface area contributed by atoms with Gasteiger partial charge in [0.2, 0.25) is 0 Å². The van der Waals surface area contributed by atoms with E-state index in [2.05, 4.69) is 5.10 Å². The molecule has 110 valence electrons. The average Bonchev–Trinajstić information content (AvgIpc) is 3.05. The van der Waals surface area contributed by atoms with Crippen LogP contribution in [0.15, 0.2) is 6.20 Å². The molecule has 2 rings (SSSR count). The largest absolute Gasteiger partial charge is 0.478 e. The summed E-state index contributed by atoms with van der Waals surface area (Å²) in [4.78, 5) is 22.4. The number of hydrogen-bond acceptors (Lipinski definition) is 5. The van der Waals surface area contributed by atoms with Gasteiger partial charge in [-0.25, -0.2) is 4.79 Å². The molecule has 1 heterocycles. The Kier molecular flexibility index (Phi) is 4.37. The number of carbonyl (C=O) groups excluding carboxylic acids is 1. The van der Waals surface area contributed by atoms with Gasteiger partial charge in [-0.3, -0.25) is 9.48 Å². The van der Waals surface area contributed by atoms with Crippen molar-refractivity contribution in [1.29, 1.82) is 0 Å². The van der Waals surface area contributed by atoms with Crippen LogP contribution in [0.25, 0.3) is 0 Å². The fraction of sp³-hybridized carbons (Fsp3) is 0.615. The molecule has 1 aliphatic rings. The third-order valence-corrected chi connectivity index (χ3v) is 4.94. The fourth-order valence-electron chi connectivity index (χ4n) is 2.10. The predicted molar refractivity (Wildman–Crippen MR) is 74.6 cm³/mol. The Morgan fingerprint density at radius 1 is 1.55 bits per heavy atom. The molecule has 1 fully saturated rings. The molecular weight excluding hydrogens is 280 g/mol. The Morgan fingerprint density at radius 3 is 2.80 bits per heavy atom. The van der Waals surface area contributed by atoms with Gasteiger partial charge < -0.3 is 9.84 Å². The first kappa shape index (κ1) is 14.9. The maximum Gasteiger partial charge on any atom is 0.339 e. The SMILES string of the molecule is COC(=O)CC1(CSCc2c(C(=O)O)cnn2C)CC1. The number of methoxy groups -OCH3 is 1. The van der Waals surface area contributed by atoms with Gasteiger partial charge >= 0.3 is 11.9 Å². The van der Waals surface area contributed by atoms with E-state index in [9.17, 15) is 9.59 Å². The molecule has 20 heavy (non-hydrogen) atoms. The second kappa shape index (κ2) is 5.87. The van der Waals surface area contributed by atoms with Crippen molar-refractivity contribution in [3.05, 3.63) is 17.5 Å². The molecule has 6 nitrogen and oxygen atoms in total. The average molecular weight is 298 g/mol. The summed E-state index contributed by atoms with van der Waals surface area (Å²) in [5.74, 6) is 0.298. The highest BCUT2D eigenvalue weighted by atomic mass is 32.2. The fourth-order valence-corrected chi connectivity index (χ4v) is 3.57. The Hall–Kier alpha value is -1.50. The minimum atomic E-state index is -0.954. The van der Waals surface area contributed by atoms with Crippen molar-refractivity contribution in [2.24, 2.45) is 12.5 Å². The third kappa shape index (κ3) is 3.33. The molecule has 1 aromatic heterocycles. The number of esters is 1. The lowest BCUT2D eigenvalue weighted by molar-refractivity contribution is -0.141. The van der Waals surface area contributed by atoms with Gasteiger partial charge in [0, 0.05) is 12.8 Å². The van der Waals surface area contributed by atoms with Crippen LogP contribution in [0.5, 0.6) is 0 Å². The number of carbonyl (C=O) groups is 2. The first-order chi connectivity index (χ1) is 9.47. The zero-order valence-electron chi connectivity index (χ0n) is 11.6. The lowest BCUT2D eigenvalue weighted by Crippen LogP contribution is -2.13. The second-order valence-electron chi connectivity index (χ2n) is 5.18. The molecule has 0 unspecified atom stereocenters. The maximum atomic E-state index is 11.3. The van der Waals surface area contributed by atoms with Gasteiger partial charge in [-0.2, -0.15) is 16.9 Å². The van der Waals surface area contributed by atoms with E-state index in [-0.39, 0.29) is 16.9 Å². The number of ether oxygens (including phenoxy) is 1. The van der Waals surface area contributed by atoms with E-state index in [1.165, 1.54) is 13.3 Å². The molecule has 7 heteroatoms. The Bertz CT molecular complexity index is 522. The highest BCUT2D eigenvalue weighted by molar-refractivity contribution is 7.98. The van der Waals surface area contributed by atoms with Crippen LogP contribution in [0, 0.1) is 5.41 Å². The zero-order chi connectivity index (χ0) is 14.8. The smallest absolute Gasteiger partial charge is 0.339 e. The summed E-state index contributed by atoms with van der Waals surface area (Å²) >= 11 is 1.65. The predicted octanol–water partition coefficient (Wildman–Crippen LogP) is 1.69. The van der Waals surface area contributed by atoms with Gasteiger partial charge in [0.25, 0.3) is 0 Å². The van der Waals surface area contributed by atoms with E-state index < -0.39 is 5.97 Å². The van der Waals surface area contributed by atoms with Crippen molar-refractivity contribution in [3.8, 4) is 0 Å². The quantitative estimate of drug-likeness (QED) is 0.772. The molecule has 1 aromatic rings. The lowest BCUT2D eigenvalue weighted by atomic mass is 10.1. The second-order valence-corrected chi connectivity index (χ2v) is 6.17. The minimum absolute atomic E-state index is 0.0553. The van der Waals surface area contributed by atoms with Crippen LogP contribution in [0.3, 0.4) is 0 Å². The van der Waals surface area contributed by atoms with Crippen molar-refractivity contribution in [1.82, 2.24) is 9.78 Å². The summed E-state index contributed by atoms with van der Waals surface area (Å²) in [6, 6.07) is 0. The van der Waals surface area contributed by atoms with Crippen molar-refractivity contribution >= 4 is 23.7 Å². The summed E-state index contributed by atoms with van der Waals surface area (Å²) in [5, 5.41) is 13.1. The number of carboxylic acids is 1. The number of aryl methyl sites for hydroxylation is 1. The molecule has 0 amide bonds. The Labute approximate surface area is 121 Å². The van der Waals surface area contributed by atoms with Crippen molar-refractivity contribution in [2.75, 3.05) is 12.9 Å². The van der Waals surface area contributed by atoms with Crippen LogP contribution in [-0.2, 0) is 22.3 Å². The Morgan fingerprint density at radius 2 is 2.25 bits per heavy atom. The molecule has 1 saturated carbocycles. The number of thioether (sulfide) groups is 1. The topological polar surface area (TPSA) is 81.4 Å². The minimum Gasteiger partial charge on any atom is -0.478 e. The summed E-state index contributed by atoms with van der Waals surface area (Å²) in [7, 11) is 3.14. The summed E-state index contributed by atoms with van der Waals surface area (Å²) in [5.41, 5.74) is 1.01. The molecule has 1 aliphatic carbocycles. The number of aromatic carboxylic acids is 1. The number of hydrogen-bond donors (Lipinski definition) is 1.